The summed E-state index contributed by atoms with van der Waals surface area (Å²) in [5, 5.41) is 6.99. The molecule has 1 saturated carbocycles. The Bertz CT molecular complexity index is 1260. The normalized spacial score (nSPS) is 17.6. The first kappa shape index (κ1) is 22.7. The molecule has 9 heteroatoms. The third kappa shape index (κ3) is 4.90. The van der Waals surface area contributed by atoms with E-state index < -0.39 is 10.0 Å². The van der Waals surface area contributed by atoms with Crippen LogP contribution < -0.4 is 5.32 Å². The highest BCUT2D eigenvalue weighted by molar-refractivity contribution is 7.89. The zero-order valence-electron chi connectivity index (χ0n) is 19.1. The molecule has 8 nitrogen and oxygen atoms in total. The zero-order valence-corrected chi connectivity index (χ0v) is 19.9. The number of nitrogens with zero attached hydrogens (tertiary/aromatic N) is 3. The molecule has 1 aliphatic carbocycles. The minimum absolute atomic E-state index is 0.0207. The van der Waals surface area contributed by atoms with Crippen molar-refractivity contribution in [3.05, 3.63) is 65.5 Å². The summed E-state index contributed by atoms with van der Waals surface area (Å²) in [6.45, 7) is 3.15. The van der Waals surface area contributed by atoms with E-state index in [0.29, 0.717) is 50.1 Å². The van der Waals surface area contributed by atoms with Gasteiger partial charge in [0.1, 0.15) is 0 Å². The average Bonchev–Trinajstić information content (AvgIpc) is 3.60. The van der Waals surface area contributed by atoms with Gasteiger partial charge in [-0.05, 0) is 62.4 Å². The number of amides is 1. The van der Waals surface area contributed by atoms with Crippen LogP contribution >= 0.6 is 0 Å². The van der Waals surface area contributed by atoms with Crippen molar-refractivity contribution < 1.29 is 17.7 Å². The summed E-state index contributed by atoms with van der Waals surface area (Å²) in [5.74, 6) is 1.29. The van der Waals surface area contributed by atoms with E-state index in [9.17, 15) is 13.2 Å². The predicted octanol–water partition coefficient (Wildman–Crippen LogP) is 3.64. The number of aromatic nitrogens is 2. The van der Waals surface area contributed by atoms with Crippen LogP contribution in [0.4, 0.5) is 0 Å². The Balaban J connectivity index is 1.16. The third-order valence-electron chi connectivity index (χ3n) is 6.53. The summed E-state index contributed by atoms with van der Waals surface area (Å²) in [6.07, 6.45) is 3.15. The molecule has 1 N–H and O–H groups in total. The van der Waals surface area contributed by atoms with Crippen LogP contribution in [0.1, 0.15) is 48.6 Å². The molecule has 2 aliphatic rings. The van der Waals surface area contributed by atoms with Crippen molar-refractivity contribution in [3.8, 4) is 11.4 Å². The molecule has 34 heavy (non-hydrogen) atoms. The summed E-state index contributed by atoms with van der Waals surface area (Å²) in [6, 6.07) is 14.6. The molecule has 0 unspecified atom stereocenters. The van der Waals surface area contributed by atoms with Gasteiger partial charge in [-0.3, -0.25) is 4.79 Å². The molecule has 1 amide bonds. The number of hydrogen-bond donors (Lipinski definition) is 1. The van der Waals surface area contributed by atoms with Gasteiger partial charge in [-0.2, -0.15) is 9.29 Å². The molecule has 3 aromatic rings. The average molecular weight is 481 g/mol. The van der Waals surface area contributed by atoms with Gasteiger partial charge in [0, 0.05) is 37.0 Å². The minimum Gasteiger partial charge on any atom is -0.352 e. The quantitative estimate of drug-likeness (QED) is 0.554. The van der Waals surface area contributed by atoms with Crippen LogP contribution in [0.5, 0.6) is 0 Å². The largest absolute Gasteiger partial charge is 0.352 e. The Hall–Kier alpha value is -3.04. The molecule has 0 atom stereocenters. The number of nitrogens with one attached hydrogen (secondary N) is 1. The number of piperidine rings is 1. The zero-order chi connectivity index (χ0) is 23.7. The van der Waals surface area contributed by atoms with E-state index in [0.717, 1.165) is 24.0 Å². The number of benzene rings is 2. The highest BCUT2D eigenvalue weighted by Crippen LogP contribution is 2.39. The smallest absolute Gasteiger partial charge is 0.243 e. The van der Waals surface area contributed by atoms with Crippen LogP contribution in [-0.2, 0) is 21.4 Å². The first-order valence-corrected chi connectivity index (χ1v) is 13.1. The highest BCUT2D eigenvalue weighted by Gasteiger charge is 2.32. The van der Waals surface area contributed by atoms with Crippen molar-refractivity contribution in [2.75, 3.05) is 13.1 Å². The summed E-state index contributed by atoms with van der Waals surface area (Å²) in [5.41, 5.74) is 2.95. The molecule has 2 aromatic carbocycles. The third-order valence-corrected chi connectivity index (χ3v) is 8.44. The predicted molar refractivity (Wildman–Crippen MR) is 126 cm³/mol. The van der Waals surface area contributed by atoms with Crippen molar-refractivity contribution in [1.82, 2.24) is 19.8 Å². The number of rotatable bonds is 7. The van der Waals surface area contributed by atoms with Crippen LogP contribution in [0, 0.1) is 12.8 Å². The molecule has 2 heterocycles. The number of sulfonamides is 1. The van der Waals surface area contributed by atoms with E-state index in [-0.39, 0.29) is 16.7 Å². The van der Waals surface area contributed by atoms with Crippen LogP contribution in [0.3, 0.4) is 0 Å². The molecule has 0 bridgehead atoms. The molecule has 2 fully saturated rings. The standard InChI is InChI=1S/C25H28N4O4S/c1-17-2-4-18(5-3-17)16-26-24(30)20-12-14-29(15-13-20)34(31,32)22-10-8-19(9-11-22)23-27-25(33-28-23)21-6-7-21/h2-5,8-11,20-21H,6-7,12-16H2,1H3,(H,26,30). The second-order valence-electron chi connectivity index (χ2n) is 9.14. The molecular formula is C25H28N4O4S. The number of carbonyl (C=O) groups is 1. The molecule has 1 aliphatic heterocycles. The lowest BCUT2D eigenvalue weighted by Gasteiger charge is -2.30. The molecule has 0 radical (unpaired) electrons. The Labute approximate surface area is 199 Å². The van der Waals surface area contributed by atoms with Crippen LogP contribution in [0.25, 0.3) is 11.4 Å². The lowest BCUT2D eigenvalue weighted by Crippen LogP contribution is -2.42. The summed E-state index contributed by atoms with van der Waals surface area (Å²) >= 11 is 0. The molecular weight excluding hydrogens is 452 g/mol. The lowest BCUT2D eigenvalue weighted by molar-refractivity contribution is -0.126. The maximum Gasteiger partial charge on any atom is 0.243 e. The molecule has 0 spiro atoms. The number of hydrogen-bond acceptors (Lipinski definition) is 6. The summed E-state index contributed by atoms with van der Waals surface area (Å²) < 4.78 is 33.0. The van der Waals surface area contributed by atoms with E-state index in [2.05, 4.69) is 15.5 Å². The fourth-order valence-electron chi connectivity index (χ4n) is 4.17. The molecule has 1 saturated heterocycles. The molecule has 1 aromatic heterocycles. The first-order chi connectivity index (χ1) is 16.4. The van der Waals surface area contributed by atoms with E-state index in [4.69, 9.17) is 4.52 Å². The van der Waals surface area contributed by atoms with Crippen LogP contribution in [0.2, 0.25) is 0 Å². The van der Waals surface area contributed by atoms with E-state index >= 15 is 0 Å². The SMILES string of the molecule is Cc1ccc(CNC(=O)C2CCN(S(=O)(=O)c3ccc(-c4noc(C5CC5)n4)cc3)CC2)cc1. The topological polar surface area (TPSA) is 105 Å². The fraction of sp³-hybridized carbons (Fsp3) is 0.400. The molecule has 178 valence electrons. The van der Waals surface area contributed by atoms with Gasteiger partial charge in [0.05, 0.1) is 4.90 Å². The number of carbonyl (C=O) groups excluding carboxylic acids is 1. The number of aryl methyl sites for hydroxylation is 1. The van der Waals surface area contributed by atoms with Gasteiger partial charge in [-0.15, -0.1) is 0 Å². The summed E-state index contributed by atoms with van der Waals surface area (Å²) in [4.78, 5) is 17.2. The first-order valence-electron chi connectivity index (χ1n) is 11.7. The van der Waals surface area contributed by atoms with Gasteiger partial charge < -0.3 is 9.84 Å². The second kappa shape index (κ2) is 9.31. The van der Waals surface area contributed by atoms with Crippen molar-refractivity contribution in [2.24, 2.45) is 5.92 Å². The van der Waals surface area contributed by atoms with Gasteiger partial charge in [-0.25, -0.2) is 8.42 Å². The van der Waals surface area contributed by atoms with Crippen LogP contribution in [0.15, 0.2) is 57.9 Å². The van der Waals surface area contributed by atoms with Crippen LogP contribution in [-0.4, -0.2) is 41.9 Å². The second-order valence-corrected chi connectivity index (χ2v) is 11.1. The van der Waals surface area contributed by atoms with Gasteiger partial charge >= 0.3 is 0 Å². The summed E-state index contributed by atoms with van der Waals surface area (Å²) in [7, 11) is -3.63. The monoisotopic (exact) mass is 480 g/mol. The highest BCUT2D eigenvalue weighted by atomic mass is 32.2. The molecule has 5 rings (SSSR count). The van der Waals surface area contributed by atoms with E-state index in [1.54, 1.807) is 24.3 Å². The maximum absolute atomic E-state index is 13.1. The lowest BCUT2D eigenvalue weighted by atomic mass is 9.97. The van der Waals surface area contributed by atoms with E-state index in [1.807, 2.05) is 31.2 Å². The van der Waals surface area contributed by atoms with Crippen molar-refractivity contribution in [3.63, 3.8) is 0 Å². The van der Waals surface area contributed by atoms with Gasteiger partial charge in [-0.1, -0.05) is 35.0 Å². The van der Waals surface area contributed by atoms with Crippen molar-refractivity contribution in [1.29, 1.82) is 0 Å². The Morgan fingerprint density at radius 2 is 1.71 bits per heavy atom. The van der Waals surface area contributed by atoms with Crippen molar-refractivity contribution >= 4 is 15.9 Å². The van der Waals surface area contributed by atoms with Gasteiger partial charge in [0.15, 0.2) is 0 Å². The maximum atomic E-state index is 13.1. The fourth-order valence-corrected chi connectivity index (χ4v) is 5.64. The van der Waals surface area contributed by atoms with E-state index in [1.165, 1.54) is 9.87 Å². The Morgan fingerprint density at radius 3 is 2.35 bits per heavy atom. The van der Waals surface area contributed by atoms with Crippen molar-refractivity contribution in [2.45, 2.75) is 50.0 Å². The minimum atomic E-state index is -3.63. The van der Waals surface area contributed by atoms with Gasteiger partial charge in [0.2, 0.25) is 27.6 Å². The Kier molecular flexibility index (Phi) is 6.22. The Morgan fingerprint density at radius 1 is 1.03 bits per heavy atom. The van der Waals surface area contributed by atoms with Gasteiger partial charge in [0.25, 0.3) is 0 Å².